The molecule has 2 atom stereocenters. The second kappa shape index (κ2) is 7.56. The van der Waals surface area contributed by atoms with Crippen LogP contribution in [0.1, 0.15) is 27.2 Å². The number of carbonyl (C=O) groups excluding carboxylic acids is 2. The lowest BCUT2D eigenvalue weighted by molar-refractivity contribution is -0.137. The fourth-order valence-corrected chi connectivity index (χ4v) is 1.88. The molecule has 0 unspecified atom stereocenters. The fourth-order valence-electron chi connectivity index (χ4n) is 1.72. The SMILES string of the molecule is CC[C@@H](C)[C@@](C)(O)CNC(=O)C(=O)Nc1ccc(Cl)cc1F. The van der Waals surface area contributed by atoms with Crippen molar-refractivity contribution in [2.24, 2.45) is 5.92 Å². The minimum Gasteiger partial charge on any atom is -0.388 e. The maximum Gasteiger partial charge on any atom is 0.313 e. The molecule has 0 aliphatic carbocycles. The summed E-state index contributed by atoms with van der Waals surface area (Å²) in [4.78, 5) is 23.4. The number of benzene rings is 1. The van der Waals surface area contributed by atoms with Crippen molar-refractivity contribution in [2.45, 2.75) is 32.8 Å². The summed E-state index contributed by atoms with van der Waals surface area (Å²) in [6.07, 6.45) is 0.727. The fraction of sp³-hybridized carbons (Fsp3) is 0.467. The van der Waals surface area contributed by atoms with Gasteiger partial charge in [-0.05, 0) is 31.0 Å². The molecule has 5 nitrogen and oxygen atoms in total. The number of carbonyl (C=O) groups is 2. The van der Waals surface area contributed by atoms with Gasteiger partial charge >= 0.3 is 11.8 Å². The minimum absolute atomic E-state index is 0.0513. The van der Waals surface area contributed by atoms with Gasteiger partial charge in [-0.1, -0.05) is 31.9 Å². The molecule has 0 saturated heterocycles. The average Bonchev–Trinajstić information content (AvgIpc) is 2.46. The van der Waals surface area contributed by atoms with Crippen molar-refractivity contribution in [1.82, 2.24) is 5.32 Å². The molecule has 1 aromatic carbocycles. The van der Waals surface area contributed by atoms with Crippen LogP contribution in [0, 0.1) is 11.7 Å². The van der Waals surface area contributed by atoms with Gasteiger partial charge in [0.1, 0.15) is 5.82 Å². The van der Waals surface area contributed by atoms with Gasteiger partial charge in [0.25, 0.3) is 0 Å². The number of hydrogen-bond acceptors (Lipinski definition) is 3. The van der Waals surface area contributed by atoms with Crippen LogP contribution in [-0.2, 0) is 9.59 Å². The molecule has 0 radical (unpaired) electrons. The number of hydrogen-bond donors (Lipinski definition) is 3. The zero-order valence-corrected chi connectivity index (χ0v) is 13.5. The maximum atomic E-state index is 13.5. The zero-order chi connectivity index (χ0) is 16.9. The van der Waals surface area contributed by atoms with Crippen LogP contribution in [-0.4, -0.2) is 29.1 Å². The van der Waals surface area contributed by atoms with Crippen LogP contribution < -0.4 is 10.6 Å². The van der Waals surface area contributed by atoms with Gasteiger partial charge in [-0.3, -0.25) is 9.59 Å². The molecule has 0 saturated carbocycles. The maximum absolute atomic E-state index is 13.5. The lowest BCUT2D eigenvalue weighted by atomic mass is 9.89. The van der Waals surface area contributed by atoms with E-state index in [0.717, 1.165) is 12.5 Å². The highest BCUT2D eigenvalue weighted by Gasteiger charge is 2.28. The first-order chi connectivity index (χ1) is 10.2. The number of anilines is 1. The third kappa shape index (κ3) is 4.96. The number of aliphatic hydroxyl groups is 1. The second-order valence-corrected chi connectivity index (χ2v) is 5.86. The Morgan fingerprint density at radius 3 is 2.59 bits per heavy atom. The summed E-state index contributed by atoms with van der Waals surface area (Å²) < 4.78 is 13.5. The molecule has 1 rings (SSSR count). The number of nitrogens with one attached hydrogen (secondary N) is 2. The quantitative estimate of drug-likeness (QED) is 0.725. The van der Waals surface area contributed by atoms with Crippen LogP contribution in [0.25, 0.3) is 0 Å². The lowest BCUT2D eigenvalue weighted by Crippen LogP contribution is -2.47. The van der Waals surface area contributed by atoms with Gasteiger partial charge in [-0.25, -0.2) is 4.39 Å². The van der Waals surface area contributed by atoms with Crippen LogP contribution in [0.3, 0.4) is 0 Å². The summed E-state index contributed by atoms with van der Waals surface area (Å²) >= 11 is 5.60. The highest BCUT2D eigenvalue weighted by atomic mass is 35.5. The molecule has 0 fully saturated rings. The highest BCUT2D eigenvalue weighted by Crippen LogP contribution is 2.20. The Bertz CT molecular complexity index is 564. The average molecular weight is 331 g/mol. The molecule has 0 heterocycles. The van der Waals surface area contributed by atoms with Crippen LogP contribution in [0.5, 0.6) is 0 Å². The van der Waals surface area contributed by atoms with E-state index in [-0.39, 0.29) is 23.2 Å². The number of halogens is 2. The Kier molecular flexibility index (Phi) is 6.32. The summed E-state index contributed by atoms with van der Waals surface area (Å²) in [5.74, 6) is -2.75. The van der Waals surface area contributed by atoms with E-state index in [1.807, 2.05) is 13.8 Å². The van der Waals surface area contributed by atoms with Gasteiger partial charge in [0.15, 0.2) is 0 Å². The summed E-state index contributed by atoms with van der Waals surface area (Å²) in [5, 5.41) is 14.8. The summed E-state index contributed by atoms with van der Waals surface area (Å²) in [6.45, 7) is 5.27. The molecule has 7 heteroatoms. The number of rotatable bonds is 5. The molecule has 3 N–H and O–H groups in total. The Labute approximate surface area is 133 Å². The first-order valence-corrected chi connectivity index (χ1v) is 7.31. The summed E-state index contributed by atoms with van der Waals surface area (Å²) in [7, 11) is 0. The molecular formula is C15H20ClFN2O3. The molecular weight excluding hydrogens is 311 g/mol. The normalized spacial score (nSPS) is 14.8. The predicted molar refractivity (Wildman–Crippen MR) is 83.1 cm³/mol. The Morgan fingerprint density at radius 2 is 2.05 bits per heavy atom. The van der Waals surface area contributed by atoms with Gasteiger partial charge in [-0.2, -0.15) is 0 Å². The first kappa shape index (κ1) is 18.4. The molecule has 1 aromatic rings. The number of amides is 2. The van der Waals surface area contributed by atoms with Crippen molar-refractivity contribution in [2.75, 3.05) is 11.9 Å². The van der Waals surface area contributed by atoms with E-state index in [1.54, 1.807) is 6.92 Å². The largest absolute Gasteiger partial charge is 0.388 e. The molecule has 122 valence electrons. The van der Waals surface area contributed by atoms with Crippen molar-refractivity contribution in [3.8, 4) is 0 Å². The van der Waals surface area contributed by atoms with Crippen molar-refractivity contribution < 1.29 is 19.1 Å². The third-order valence-corrected chi connectivity index (χ3v) is 3.90. The first-order valence-electron chi connectivity index (χ1n) is 6.94. The standard InChI is InChI=1S/C15H20ClFN2O3/c1-4-9(2)15(3,22)8-18-13(20)14(21)19-12-6-5-10(16)7-11(12)17/h5-7,9,22H,4,8H2,1-3H3,(H,18,20)(H,19,21)/t9-,15+/m1/s1. The van der Waals surface area contributed by atoms with Crippen LogP contribution >= 0.6 is 11.6 Å². The monoisotopic (exact) mass is 330 g/mol. The topological polar surface area (TPSA) is 78.4 Å². The van der Waals surface area contributed by atoms with E-state index in [0.29, 0.717) is 0 Å². The van der Waals surface area contributed by atoms with Crippen molar-refractivity contribution in [3.05, 3.63) is 29.0 Å². The van der Waals surface area contributed by atoms with Crippen LogP contribution in [0.15, 0.2) is 18.2 Å². The van der Waals surface area contributed by atoms with E-state index < -0.39 is 23.2 Å². The molecule has 0 aliphatic heterocycles. The van der Waals surface area contributed by atoms with E-state index in [9.17, 15) is 19.1 Å². The van der Waals surface area contributed by atoms with Gasteiger partial charge in [-0.15, -0.1) is 0 Å². The van der Waals surface area contributed by atoms with Gasteiger partial charge in [0, 0.05) is 11.6 Å². The zero-order valence-electron chi connectivity index (χ0n) is 12.7. The summed E-state index contributed by atoms with van der Waals surface area (Å²) in [5.41, 5.74) is -1.27. The lowest BCUT2D eigenvalue weighted by Gasteiger charge is -2.29. The van der Waals surface area contributed by atoms with Gasteiger partial charge in [0.2, 0.25) is 0 Å². The molecule has 22 heavy (non-hydrogen) atoms. The smallest absolute Gasteiger partial charge is 0.313 e. The summed E-state index contributed by atoms with van der Waals surface area (Å²) in [6, 6.07) is 3.69. The molecule has 0 aromatic heterocycles. The second-order valence-electron chi connectivity index (χ2n) is 5.43. The van der Waals surface area contributed by atoms with E-state index in [1.165, 1.54) is 12.1 Å². The predicted octanol–water partition coefficient (Wildman–Crippen LogP) is 2.33. The van der Waals surface area contributed by atoms with E-state index in [4.69, 9.17) is 11.6 Å². The molecule has 2 amide bonds. The Balaban J connectivity index is 2.61. The molecule has 0 bridgehead atoms. The molecule has 0 spiro atoms. The van der Waals surface area contributed by atoms with Crippen molar-refractivity contribution >= 4 is 29.1 Å². The van der Waals surface area contributed by atoms with Gasteiger partial charge in [0.05, 0.1) is 11.3 Å². The highest BCUT2D eigenvalue weighted by molar-refractivity contribution is 6.39. The van der Waals surface area contributed by atoms with Crippen molar-refractivity contribution in [3.63, 3.8) is 0 Å². The van der Waals surface area contributed by atoms with E-state index >= 15 is 0 Å². The Hall–Kier alpha value is -1.66. The van der Waals surface area contributed by atoms with Crippen LogP contribution in [0.2, 0.25) is 5.02 Å². The Morgan fingerprint density at radius 1 is 1.41 bits per heavy atom. The van der Waals surface area contributed by atoms with Gasteiger partial charge < -0.3 is 15.7 Å². The third-order valence-electron chi connectivity index (χ3n) is 3.67. The minimum atomic E-state index is -1.13. The molecule has 0 aliphatic rings. The van der Waals surface area contributed by atoms with Crippen LogP contribution in [0.4, 0.5) is 10.1 Å². The van der Waals surface area contributed by atoms with Crippen molar-refractivity contribution in [1.29, 1.82) is 0 Å². The van der Waals surface area contributed by atoms with E-state index in [2.05, 4.69) is 10.6 Å².